The van der Waals surface area contributed by atoms with Gasteiger partial charge in [0.2, 0.25) is 5.95 Å². The summed E-state index contributed by atoms with van der Waals surface area (Å²) >= 11 is 0. The molecule has 8 heteroatoms. The van der Waals surface area contributed by atoms with Crippen LogP contribution in [0.2, 0.25) is 0 Å². The number of hydrogen-bond acceptors (Lipinski definition) is 4. The minimum Gasteiger partial charge on any atom is -0.481 e. The minimum absolute atomic E-state index is 0.0325. The minimum atomic E-state index is -4.79. The Morgan fingerprint density at radius 2 is 2.21 bits per heavy atom. The summed E-state index contributed by atoms with van der Waals surface area (Å²) in [6.07, 6.45) is -3.85. The molecule has 1 atom stereocenters. The summed E-state index contributed by atoms with van der Waals surface area (Å²) in [5.41, 5.74) is -2.12. The van der Waals surface area contributed by atoms with Crippen LogP contribution in [0.3, 0.4) is 0 Å². The summed E-state index contributed by atoms with van der Waals surface area (Å²) in [6.45, 7) is 1.00. The van der Waals surface area contributed by atoms with Gasteiger partial charge in [-0.1, -0.05) is 0 Å². The van der Waals surface area contributed by atoms with Gasteiger partial charge in [0.1, 0.15) is 0 Å². The molecule has 0 amide bonds. The maximum atomic E-state index is 13.0. The number of rotatable bonds is 2. The first kappa shape index (κ1) is 13.6. The molecule has 0 spiro atoms. The molecule has 1 aliphatic rings. The number of anilines is 1. The maximum absolute atomic E-state index is 13.0. The fourth-order valence-corrected chi connectivity index (χ4v) is 2.10. The molecule has 0 radical (unpaired) electrons. The van der Waals surface area contributed by atoms with Crippen molar-refractivity contribution in [3.05, 3.63) is 18.0 Å². The summed E-state index contributed by atoms with van der Waals surface area (Å²) in [6, 6.07) is 1.62. The molecule has 1 N–H and O–H groups in total. The lowest BCUT2D eigenvalue weighted by Gasteiger charge is -2.27. The number of aryl methyl sites for hydroxylation is 1. The van der Waals surface area contributed by atoms with Gasteiger partial charge in [0.05, 0.1) is 0 Å². The molecule has 5 nitrogen and oxygen atoms in total. The highest BCUT2D eigenvalue weighted by atomic mass is 19.4. The third-order valence-electron chi connectivity index (χ3n) is 3.29. The third-order valence-corrected chi connectivity index (χ3v) is 3.29. The number of aliphatic carboxylic acids is 1. The third kappa shape index (κ3) is 2.22. The smallest absolute Gasteiger partial charge is 0.406 e. The standard InChI is InChI=1S/C11H12F3N3O2/c1-7-2-4-15-9(16-7)17-5-3-10(6-17,8(18)19)11(12,13)14/h2,4H,3,5-6H2,1H3,(H,18,19). The summed E-state index contributed by atoms with van der Waals surface area (Å²) < 4.78 is 39.0. The summed E-state index contributed by atoms with van der Waals surface area (Å²) in [4.78, 5) is 20.2. The van der Waals surface area contributed by atoms with Gasteiger partial charge in [-0.25, -0.2) is 9.97 Å². The van der Waals surface area contributed by atoms with Gasteiger partial charge in [0.15, 0.2) is 5.41 Å². The summed E-state index contributed by atoms with van der Waals surface area (Å²) in [5, 5.41) is 8.93. The highest BCUT2D eigenvalue weighted by Gasteiger charge is 2.64. The molecule has 1 aromatic rings. The SMILES string of the molecule is Cc1ccnc(N2CCC(C(=O)O)(C(F)(F)F)C2)n1. The van der Waals surface area contributed by atoms with Crippen LogP contribution in [-0.2, 0) is 4.79 Å². The molecular formula is C11H12F3N3O2. The zero-order valence-corrected chi connectivity index (χ0v) is 10.1. The van der Waals surface area contributed by atoms with Gasteiger partial charge in [-0.05, 0) is 19.4 Å². The lowest BCUT2D eigenvalue weighted by atomic mass is 9.86. The largest absolute Gasteiger partial charge is 0.481 e. The average Bonchev–Trinajstić information content (AvgIpc) is 2.74. The van der Waals surface area contributed by atoms with Crippen LogP contribution in [-0.4, -0.2) is 40.3 Å². The Kier molecular flexibility index (Phi) is 3.11. The van der Waals surface area contributed by atoms with Gasteiger partial charge in [0, 0.05) is 25.0 Å². The fourth-order valence-electron chi connectivity index (χ4n) is 2.10. The molecule has 0 saturated carbocycles. The average molecular weight is 275 g/mol. The highest BCUT2D eigenvalue weighted by Crippen LogP contribution is 2.46. The lowest BCUT2D eigenvalue weighted by Crippen LogP contribution is -2.47. The Morgan fingerprint density at radius 1 is 1.53 bits per heavy atom. The predicted molar refractivity (Wildman–Crippen MR) is 59.7 cm³/mol. The molecule has 104 valence electrons. The van der Waals surface area contributed by atoms with Gasteiger partial charge < -0.3 is 10.0 Å². The topological polar surface area (TPSA) is 66.3 Å². The van der Waals surface area contributed by atoms with Crippen LogP contribution >= 0.6 is 0 Å². The van der Waals surface area contributed by atoms with Crippen molar-refractivity contribution < 1.29 is 23.1 Å². The van der Waals surface area contributed by atoms with Crippen molar-refractivity contribution in [1.29, 1.82) is 0 Å². The van der Waals surface area contributed by atoms with Gasteiger partial charge in [-0.2, -0.15) is 13.2 Å². The Hall–Kier alpha value is -1.86. The van der Waals surface area contributed by atoms with E-state index in [1.54, 1.807) is 13.0 Å². The fraction of sp³-hybridized carbons (Fsp3) is 0.545. The second-order valence-electron chi connectivity index (χ2n) is 4.55. The van der Waals surface area contributed by atoms with E-state index in [2.05, 4.69) is 9.97 Å². The first-order chi connectivity index (χ1) is 8.76. The van der Waals surface area contributed by atoms with Crippen molar-refractivity contribution in [3.63, 3.8) is 0 Å². The number of hydrogen-bond donors (Lipinski definition) is 1. The number of carboxylic acids is 1. The Morgan fingerprint density at radius 3 is 2.68 bits per heavy atom. The van der Waals surface area contributed by atoms with Crippen molar-refractivity contribution in [2.24, 2.45) is 5.41 Å². The van der Waals surface area contributed by atoms with E-state index in [0.29, 0.717) is 5.69 Å². The first-order valence-electron chi connectivity index (χ1n) is 5.61. The number of aromatic nitrogens is 2. The Bertz CT molecular complexity index is 506. The molecule has 0 bridgehead atoms. The van der Waals surface area contributed by atoms with E-state index >= 15 is 0 Å². The monoisotopic (exact) mass is 275 g/mol. The Labute approximate surface area is 107 Å². The van der Waals surface area contributed by atoms with Crippen molar-refractivity contribution >= 4 is 11.9 Å². The van der Waals surface area contributed by atoms with Gasteiger partial charge in [-0.3, -0.25) is 4.79 Å². The predicted octanol–water partition coefficient (Wildman–Crippen LogP) is 1.63. The van der Waals surface area contributed by atoms with E-state index < -0.39 is 30.5 Å². The van der Waals surface area contributed by atoms with Crippen LogP contribution in [0.15, 0.2) is 12.3 Å². The van der Waals surface area contributed by atoms with Crippen LogP contribution < -0.4 is 4.90 Å². The molecule has 0 aromatic carbocycles. The van der Waals surface area contributed by atoms with Crippen molar-refractivity contribution in [2.45, 2.75) is 19.5 Å². The van der Waals surface area contributed by atoms with E-state index in [9.17, 15) is 18.0 Å². The highest BCUT2D eigenvalue weighted by molar-refractivity contribution is 5.77. The molecule has 0 aliphatic carbocycles. The lowest BCUT2D eigenvalue weighted by molar-refractivity contribution is -0.225. The van der Waals surface area contributed by atoms with E-state index in [0.717, 1.165) is 0 Å². The normalized spacial score (nSPS) is 23.7. The summed E-state index contributed by atoms with van der Waals surface area (Å²) in [5.74, 6) is -1.72. The molecule has 1 fully saturated rings. The van der Waals surface area contributed by atoms with Crippen LogP contribution in [0, 0.1) is 12.3 Å². The second-order valence-corrected chi connectivity index (χ2v) is 4.55. The molecule has 2 heterocycles. The number of alkyl halides is 3. The van der Waals surface area contributed by atoms with Crippen molar-refractivity contribution in [3.8, 4) is 0 Å². The van der Waals surface area contributed by atoms with Gasteiger partial charge in [-0.15, -0.1) is 0 Å². The quantitative estimate of drug-likeness (QED) is 0.888. The number of halogens is 3. The van der Waals surface area contributed by atoms with Crippen LogP contribution in [0.25, 0.3) is 0 Å². The zero-order valence-electron chi connectivity index (χ0n) is 10.1. The van der Waals surface area contributed by atoms with Gasteiger partial charge >= 0.3 is 12.1 Å². The summed E-state index contributed by atoms with van der Waals surface area (Å²) in [7, 11) is 0. The van der Waals surface area contributed by atoms with E-state index in [4.69, 9.17) is 5.11 Å². The number of carboxylic acid groups (broad SMARTS) is 1. The molecule has 2 rings (SSSR count). The van der Waals surface area contributed by atoms with Crippen LogP contribution in [0.1, 0.15) is 12.1 Å². The molecule has 19 heavy (non-hydrogen) atoms. The van der Waals surface area contributed by atoms with Gasteiger partial charge in [0.25, 0.3) is 0 Å². The number of nitrogens with zero attached hydrogens (tertiary/aromatic N) is 3. The van der Waals surface area contributed by atoms with E-state index in [1.807, 2.05) is 0 Å². The number of carbonyl (C=O) groups is 1. The first-order valence-corrected chi connectivity index (χ1v) is 5.61. The van der Waals surface area contributed by atoms with E-state index in [-0.39, 0.29) is 12.5 Å². The second kappa shape index (κ2) is 4.36. The van der Waals surface area contributed by atoms with Crippen LogP contribution in [0.5, 0.6) is 0 Å². The van der Waals surface area contributed by atoms with E-state index in [1.165, 1.54) is 11.1 Å². The molecule has 1 unspecified atom stereocenters. The molecular weight excluding hydrogens is 263 g/mol. The molecule has 1 saturated heterocycles. The maximum Gasteiger partial charge on any atom is 0.406 e. The van der Waals surface area contributed by atoms with Crippen molar-refractivity contribution in [1.82, 2.24) is 9.97 Å². The van der Waals surface area contributed by atoms with Crippen molar-refractivity contribution in [2.75, 3.05) is 18.0 Å². The zero-order chi connectivity index (χ0) is 14.3. The molecule has 1 aliphatic heterocycles. The molecule has 1 aromatic heterocycles. The van der Waals surface area contributed by atoms with Crippen LogP contribution in [0.4, 0.5) is 19.1 Å². The Balaban J connectivity index is 2.30.